The minimum Gasteiger partial charge on any atom is -0.377 e. The lowest BCUT2D eigenvalue weighted by Gasteiger charge is -2.15. The highest BCUT2D eigenvalue weighted by molar-refractivity contribution is 5.83. The fraction of sp³-hybridized carbons (Fsp3) is 0.643. The first-order chi connectivity index (χ1) is 10.1. The van der Waals surface area contributed by atoms with Gasteiger partial charge in [-0.25, -0.2) is 9.97 Å². The van der Waals surface area contributed by atoms with Crippen LogP contribution in [0.3, 0.4) is 0 Å². The van der Waals surface area contributed by atoms with Crippen LogP contribution in [0.1, 0.15) is 33.0 Å². The van der Waals surface area contributed by atoms with E-state index < -0.39 is 0 Å². The van der Waals surface area contributed by atoms with Crippen LogP contribution in [0.25, 0.3) is 0 Å². The Labute approximate surface area is 125 Å². The number of nitrogens with zero attached hydrogens (tertiary/aromatic N) is 2. The van der Waals surface area contributed by atoms with Crippen molar-refractivity contribution in [1.29, 1.82) is 0 Å². The van der Waals surface area contributed by atoms with Gasteiger partial charge in [0.15, 0.2) is 5.82 Å². The summed E-state index contributed by atoms with van der Waals surface area (Å²) in [4.78, 5) is 20.5. The van der Waals surface area contributed by atoms with E-state index in [1.54, 1.807) is 20.1 Å². The summed E-state index contributed by atoms with van der Waals surface area (Å²) < 4.78 is 5.07. The number of carbonyl (C=O) groups is 1. The second-order valence-corrected chi connectivity index (χ2v) is 4.68. The van der Waals surface area contributed by atoms with E-state index >= 15 is 0 Å². The maximum atomic E-state index is 11.8. The first kappa shape index (κ1) is 17.2. The maximum Gasteiger partial charge on any atom is 0.242 e. The summed E-state index contributed by atoms with van der Waals surface area (Å²) in [6, 6.07) is 1.43. The van der Waals surface area contributed by atoms with Crippen molar-refractivity contribution < 1.29 is 9.53 Å². The summed E-state index contributed by atoms with van der Waals surface area (Å²) in [5, 5.41) is 9.07. The molecule has 1 aromatic heterocycles. The molecule has 0 fully saturated rings. The van der Waals surface area contributed by atoms with Gasteiger partial charge in [0.2, 0.25) is 5.91 Å². The molecule has 1 amide bonds. The largest absolute Gasteiger partial charge is 0.377 e. The summed E-state index contributed by atoms with van der Waals surface area (Å²) in [6.07, 6.45) is 1.00. The van der Waals surface area contributed by atoms with Gasteiger partial charge in [0, 0.05) is 26.3 Å². The van der Waals surface area contributed by atoms with Crippen LogP contribution < -0.4 is 16.0 Å². The zero-order valence-corrected chi connectivity index (χ0v) is 13.2. The third kappa shape index (κ3) is 5.95. The monoisotopic (exact) mass is 295 g/mol. The van der Waals surface area contributed by atoms with E-state index in [0.29, 0.717) is 24.8 Å². The summed E-state index contributed by atoms with van der Waals surface area (Å²) >= 11 is 0. The van der Waals surface area contributed by atoms with Crippen LogP contribution in [0.4, 0.5) is 11.6 Å². The van der Waals surface area contributed by atoms with E-state index in [-0.39, 0.29) is 11.9 Å². The van der Waals surface area contributed by atoms with Gasteiger partial charge in [-0.15, -0.1) is 0 Å². The van der Waals surface area contributed by atoms with Crippen LogP contribution >= 0.6 is 0 Å². The van der Waals surface area contributed by atoms with E-state index in [1.165, 1.54) is 0 Å². The SMILES string of the molecule is CCCNc1cc(NC(C)C(=O)NCC)nc(COC)n1. The number of anilines is 2. The van der Waals surface area contributed by atoms with Crippen LogP contribution in [0.5, 0.6) is 0 Å². The van der Waals surface area contributed by atoms with Gasteiger partial charge in [-0.1, -0.05) is 6.92 Å². The standard InChI is InChI=1S/C14H25N5O2/c1-5-7-16-11-8-12(19-13(18-11)9-21-4)17-10(3)14(20)15-6-2/h8,10H,5-7,9H2,1-4H3,(H,15,20)(H2,16,17,18,19). The molecular formula is C14H25N5O2. The Kier molecular flexibility index (Phi) is 7.45. The van der Waals surface area contributed by atoms with Gasteiger partial charge >= 0.3 is 0 Å². The zero-order valence-electron chi connectivity index (χ0n) is 13.2. The molecule has 21 heavy (non-hydrogen) atoms. The molecule has 0 saturated carbocycles. The van der Waals surface area contributed by atoms with Gasteiger partial charge in [-0.05, 0) is 20.3 Å². The van der Waals surface area contributed by atoms with Crippen LogP contribution in [-0.4, -0.2) is 42.1 Å². The Morgan fingerprint density at radius 3 is 2.67 bits per heavy atom. The molecule has 0 saturated heterocycles. The number of carbonyl (C=O) groups excluding carboxylic acids is 1. The van der Waals surface area contributed by atoms with Gasteiger partial charge in [-0.3, -0.25) is 4.79 Å². The van der Waals surface area contributed by atoms with E-state index in [0.717, 1.165) is 18.8 Å². The van der Waals surface area contributed by atoms with Crippen LogP contribution in [0.2, 0.25) is 0 Å². The smallest absolute Gasteiger partial charge is 0.242 e. The van der Waals surface area contributed by atoms with Crippen molar-refractivity contribution in [3.05, 3.63) is 11.9 Å². The number of rotatable bonds is 9. The highest BCUT2D eigenvalue weighted by Crippen LogP contribution is 2.13. The second-order valence-electron chi connectivity index (χ2n) is 4.68. The molecule has 0 radical (unpaired) electrons. The van der Waals surface area contributed by atoms with Crippen molar-refractivity contribution in [2.45, 2.75) is 39.8 Å². The normalized spacial score (nSPS) is 11.8. The quantitative estimate of drug-likeness (QED) is 0.638. The highest BCUT2D eigenvalue weighted by atomic mass is 16.5. The lowest BCUT2D eigenvalue weighted by atomic mass is 10.3. The number of hydrogen-bond acceptors (Lipinski definition) is 6. The summed E-state index contributed by atoms with van der Waals surface area (Å²) in [5.74, 6) is 1.84. The van der Waals surface area contributed by atoms with E-state index in [9.17, 15) is 4.79 Å². The second kappa shape index (κ2) is 9.12. The average Bonchev–Trinajstić information content (AvgIpc) is 2.45. The summed E-state index contributed by atoms with van der Waals surface area (Å²) in [5.41, 5.74) is 0. The molecule has 0 bridgehead atoms. The third-order valence-corrected chi connectivity index (χ3v) is 2.71. The van der Waals surface area contributed by atoms with Crippen LogP contribution in [-0.2, 0) is 16.1 Å². The number of hydrogen-bond donors (Lipinski definition) is 3. The number of nitrogens with one attached hydrogen (secondary N) is 3. The fourth-order valence-electron chi connectivity index (χ4n) is 1.72. The minimum absolute atomic E-state index is 0.0625. The molecule has 0 aromatic carbocycles. The third-order valence-electron chi connectivity index (χ3n) is 2.71. The molecular weight excluding hydrogens is 270 g/mol. The molecule has 118 valence electrons. The predicted octanol–water partition coefficient (Wildman–Crippen LogP) is 1.38. The first-order valence-corrected chi connectivity index (χ1v) is 7.25. The number of ether oxygens (including phenoxy) is 1. The van der Waals surface area contributed by atoms with E-state index in [1.807, 2.05) is 6.92 Å². The Balaban J connectivity index is 2.83. The van der Waals surface area contributed by atoms with Crippen molar-refractivity contribution in [1.82, 2.24) is 15.3 Å². The molecule has 1 unspecified atom stereocenters. The molecule has 0 aliphatic rings. The van der Waals surface area contributed by atoms with Gasteiger partial charge < -0.3 is 20.7 Å². The Bertz CT molecular complexity index is 453. The zero-order chi connectivity index (χ0) is 15.7. The summed E-state index contributed by atoms with van der Waals surface area (Å²) in [6.45, 7) is 7.52. The molecule has 1 aromatic rings. The molecule has 7 nitrogen and oxygen atoms in total. The lowest BCUT2D eigenvalue weighted by molar-refractivity contribution is -0.121. The summed E-state index contributed by atoms with van der Waals surface area (Å²) in [7, 11) is 1.60. The topological polar surface area (TPSA) is 88.2 Å². The number of aromatic nitrogens is 2. The number of likely N-dealkylation sites (N-methyl/N-ethyl adjacent to an activating group) is 1. The van der Waals surface area contributed by atoms with Crippen molar-refractivity contribution in [3.8, 4) is 0 Å². The molecule has 3 N–H and O–H groups in total. The molecule has 1 atom stereocenters. The minimum atomic E-state index is -0.366. The molecule has 0 aliphatic heterocycles. The van der Waals surface area contributed by atoms with Gasteiger partial charge in [0.1, 0.15) is 24.3 Å². The predicted molar refractivity (Wildman–Crippen MR) is 83.3 cm³/mol. The molecule has 7 heteroatoms. The van der Waals surface area contributed by atoms with E-state index in [4.69, 9.17) is 4.74 Å². The molecule has 0 aliphatic carbocycles. The highest BCUT2D eigenvalue weighted by Gasteiger charge is 2.13. The maximum absolute atomic E-state index is 11.8. The first-order valence-electron chi connectivity index (χ1n) is 7.25. The van der Waals surface area contributed by atoms with Gasteiger partial charge in [0.05, 0.1) is 0 Å². The number of amides is 1. The van der Waals surface area contributed by atoms with Crippen LogP contribution in [0, 0.1) is 0 Å². The van der Waals surface area contributed by atoms with E-state index in [2.05, 4.69) is 32.8 Å². The van der Waals surface area contributed by atoms with Gasteiger partial charge in [-0.2, -0.15) is 0 Å². The average molecular weight is 295 g/mol. The Morgan fingerprint density at radius 1 is 1.33 bits per heavy atom. The van der Waals surface area contributed by atoms with Crippen molar-refractivity contribution in [2.75, 3.05) is 30.8 Å². The number of methoxy groups -OCH3 is 1. The lowest BCUT2D eigenvalue weighted by Crippen LogP contribution is -2.37. The van der Waals surface area contributed by atoms with Crippen molar-refractivity contribution in [3.63, 3.8) is 0 Å². The van der Waals surface area contributed by atoms with Gasteiger partial charge in [0.25, 0.3) is 0 Å². The van der Waals surface area contributed by atoms with Crippen LogP contribution in [0.15, 0.2) is 6.07 Å². The van der Waals surface area contributed by atoms with Crippen molar-refractivity contribution in [2.24, 2.45) is 0 Å². The van der Waals surface area contributed by atoms with Crippen molar-refractivity contribution >= 4 is 17.5 Å². The molecule has 1 rings (SSSR count). The fourth-order valence-corrected chi connectivity index (χ4v) is 1.72. The molecule has 1 heterocycles. The Morgan fingerprint density at radius 2 is 2.05 bits per heavy atom. The molecule has 0 spiro atoms. The Hall–Kier alpha value is -1.89.